The molecule has 2 atom stereocenters. The molecule has 0 amide bonds. The number of hydrogen-bond acceptors (Lipinski definition) is 5. The van der Waals surface area contributed by atoms with E-state index in [1.165, 1.54) is 5.56 Å². The molecule has 0 saturated carbocycles. The molecule has 0 spiro atoms. The third kappa shape index (κ3) is 4.55. The van der Waals surface area contributed by atoms with Crippen molar-refractivity contribution in [3.8, 4) is 0 Å². The van der Waals surface area contributed by atoms with Crippen LogP contribution in [0, 0.1) is 12.8 Å². The fourth-order valence-corrected chi connectivity index (χ4v) is 3.48. The molecule has 2 N–H and O–H groups in total. The lowest BCUT2D eigenvalue weighted by Gasteiger charge is -2.43. The molecule has 0 aromatic carbocycles. The van der Waals surface area contributed by atoms with Crippen molar-refractivity contribution < 1.29 is 0 Å². The van der Waals surface area contributed by atoms with Crippen LogP contribution >= 0.6 is 0 Å². The molecule has 0 aliphatic carbocycles. The van der Waals surface area contributed by atoms with Crippen molar-refractivity contribution in [3.63, 3.8) is 0 Å². The second kappa shape index (κ2) is 7.93. The number of rotatable bonds is 6. The quantitative estimate of drug-likeness (QED) is 0.831. The van der Waals surface area contributed by atoms with Crippen LogP contribution in [-0.4, -0.2) is 55.6 Å². The minimum atomic E-state index is -0.236. The first-order chi connectivity index (χ1) is 12.0. The largest absolute Gasteiger partial charge is 0.340 e. The maximum absolute atomic E-state index is 11.3. The molecule has 1 aliphatic rings. The van der Waals surface area contributed by atoms with Gasteiger partial charge in [0, 0.05) is 44.1 Å². The Morgan fingerprint density at radius 1 is 1.32 bits per heavy atom. The summed E-state index contributed by atoms with van der Waals surface area (Å²) in [6.07, 6.45) is 3.12. The van der Waals surface area contributed by atoms with Gasteiger partial charge in [-0.15, -0.1) is 0 Å². The fourth-order valence-electron chi connectivity index (χ4n) is 3.48. The topological polar surface area (TPSA) is 80.9 Å². The SMILES string of the molecule is CCC(C)C1CN(Cc2ccc(C)nc2)CCN1Cc1n[nH]c(=O)[nH]1. The maximum atomic E-state index is 11.3. The highest BCUT2D eigenvalue weighted by Gasteiger charge is 2.30. The highest BCUT2D eigenvalue weighted by molar-refractivity contribution is 5.13. The van der Waals surface area contributed by atoms with E-state index < -0.39 is 0 Å². The molecule has 25 heavy (non-hydrogen) atoms. The minimum absolute atomic E-state index is 0.236. The van der Waals surface area contributed by atoms with Gasteiger partial charge in [0.25, 0.3) is 0 Å². The predicted octanol–water partition coefficient (Wildman–Crippen LogP) is 1.53. The number of aryl methyl sites for hydroxylation is 1. The summed E-state index contributed by atoms with van der Waals surface area (Å²) in [7, 11) is 0. The Labute approximate surface area is 148 Å². The van der Waals surface area contributed by atoms with Gasteiger partial charge in [0.05, 0.1) is 6.54 Å². The number of hydrogen-bond donors (Lipinski definition) is 2. The molecule has 2 unspecified atom stereocenters. The molecule has 2 aromatic heterocycles. The van der Waals surface area contributed by atoms with Gasteiger partial charge in [-0.05, 0) is 24.5 Å². The Morgan fingerprint density at radius 3 is 2.80 bits per heavy atom. The zero-order chi connectivity index (χ0) is 17.8. The van der Waals surface area contributed by atoms with E-state index in [2.05, 4.69) is 55.9 Å². The van der Waals surface area contributed by atoms with Crippen LogP contribution in [0.4, 0.5) is 0 Å². The first-order valence-electron chi connectivity index (χ1n) is 9.06. The Kier molecular flexibility index (Phi) is 5.65. The average molecular weight is 344 g/mol. The van der Waals surface area contributed by atoms with E-state index in [-0.39, 0.29) is 5.69 Å². The van der Waals surface area contributed by atoms with Crippen molar-refractivity contribution in [2.75, 3.05) is 19.6 Å². The van der Waals surface area contributed by atoms with Gasteiger partial charge in [-0.2, -0.15) is 5.10 Å². The van der Waals surface area contributed by atoms with Gasteiger partial charge in [0.2, 0.25) is 0 Å². The zero-order valence-corrected chi connectivity index (χ0v) is 15.3. The Balaban J connectivity index is 1.66. The minimum Gasteiger partial charge on any atom is -0.296 e. The van der Waals surface area contributed by atoms with Crippen LogP contribution in [-0.2, 0) is 13.1 Å². The van der Waals surface area contributed by atoms with E-state index in [4.69, 9.17) is 0 Å². The van der Waals surface area contributed by atoms with E-state index in [1.54, 1.807) is 0 Å². The Hall–Kier alpha value is -1.99. The van der Waals surface area contributed by atoms with Crippen LogP contribution in [0.15, 0.2) is 23.1 Å². The van der Waals surface area contributed by atoms with Gasteiger partial charge in [-0.3, -0.25) is 19.8 Å². The van der Waals surface area contributed by atoms with Crippen LogP contribution in [0.3, 0.4) is 0 Å². The highest BCUT2D eigenvalue weighted by atomic mass is 16.1. The number of aromatic amines is 2. The number of H-pyrrole nitrogens is 2. The van der Waals surface area contributed by atoms with Gasteiger partial charge >= 0.3 is 5.69 Å². The molecule has 7 nitrogen and oxygen atoms in total. The molecular formula is C18H28N6O. The molecule has 1 fully saturated rings. The molecule has 3 heterocycles. The first-order valence-corrected chi connectivity index (χ1v) is 9.06. The molecule has 0 bridgehead atoms. The number of aromatic nitrogens is 4. The van der Waals surface area contributed by atoms with Crippen molar-refractivity contribution >= 4 is 0 Å². The zero-order valence-electron chi connectivity index (χ0n) is 15.3. The summed E-state index contributed by atoms with van der Waals surface area (Å²) >= 11 is 0. The van der Waals surface area contributed by atoms with Crippen LogP contribution in [0.25, 0.3) is 0 Å². The van der Waals surface area contributed by atoms with Crippen molar-refractivity contribution in [2.45, 2.75) is 46.3 Å². The summed E-state index contributed by atoms with van der Waals surface area (Å²) in [6.45, 7) is 11.2. The first kappa shape index (κ1) is 17.8. The van der Waals surface area contributed by atoms with Crippen LogP contribution in [0.5, 0.6) is 0 Å². The molecule has 3 rings (SSSR count). The normalized spacial score (nSPS) is 20.7. The second-order valence-corrected chi connectivity index (χ2v) is 7.09. The summed E-state index contributed by atoms with van der Waals surface area (Å²) in [5.41, 5.74) is 2.08. The van der Waals surface area contributed by atoms with Crippen LogP contribution in [0.2, 0.25) is 0 Å². The number of nitrogens with zero attached hydrogens (tertiary/aromatic N) is 4. The smallest absolute Gasteiger partial charge is 0.296 e. The molecule has 136 valence electrons. The van der Waals surface area contributed by atoms with E-state index >= 15 is 0 Å². The lowest BCUT2D eigenvalue weighted by atomic mass is 9.95. The summed E-state index contributed by atoms with van der Waals surface area (Å²) in [5.74, 6) is 1.30. The number of piperazine rings is 1. The van der Waals surface area contributed by atoms with Crippen molar-refractivity contribution in [3.05, 3.63) is 45.9 Å². The summed E-state index contributed by atoms with van der Waals surface area (Å²) in [6, 6.07) is 4.70. The van der Waals surface area contributed by atoms with E-state index in [0.717, 1.165) is 44.1 Å². The van der Waals surface area contributed by atoms with Crippen LogP contribution < -0.4 is 5.69 Å². The van der Waals surface area contributed by atoms with Gasteiger partial charge in [-0.1, -0.05) is 26.3 Å². The average Bonchev–Trinajstić information content (AvgIpc) is 3.02. The molecule has 1 saturated heterocycles. The van der Waals surface area contributed by atoms with Gasteiger partial charge in [0.15, 0.2) is 0 Å². The van der Waals surface area contributed by atoms with Crippen molar-refractivity contribution in [2.24, 2.45) is 5.92 Å². The lowest BCUT2D eigenvalue weighted by Crippen LogP contribution is -2.54. The van der Waals surface area contributed by atoms with Crippen molar-refractivity contribution in [1.29, 1.82) is 0 Å². The third-order valence-electron chi connectivity index (χ3n) is 5.20. The van der Waals surface area contributed by atoms with E-state index in [9.17, 15) is 4.79 Å². The standard InChI is InChI=1S/C18H28N6O/c1-4-13(2)16-11-23(10-15-6-5-14(3)19-9-15)7-8-24(16)12-17-20-18(25)22-21-17/h5-6,9,13,16H,4,7-8,10-12H2,1-3H3,(H2,20,21,22,25). The number of nitrogens with one attached hydrogen (secondary N) is 2. The van der Waals surface area contributed by atoms with E-state index in [0.29, 0.717) is 18.5 Å². The molecule has 2 aromatic rings. The Morgan fingerprint density at radius 2 is 2.16 bits per heavy atom. The lowest BCUT2D eigenvalue weighted by molar-refractivity contribution is 0.0337. The number of pyridine rings is 1. The fraction of sp³-hybridized carbons (Fsp3) is 0.611. The molecule has 7 heteroatoms. The Bertz CT molecular complexity index is 722. The summed E-state index contributed by atoms with van der Waals surface area (Å²) in [5, 5.41) is 6.52. The predicted molar refractivity (Wildman–Crippen MR) is 97.1 cm³/mol. The maximum Gasteiger partial charge on any atom is 0.340 e. The second-order valence-electron chi connectivity index (χ2n) is 7.09. The van der Waals surface area contributed by atoms with Crippen molar-refractivity contribution in [1.82, 2.24) is 30.0 Å². The summed E-state index contributed by atoms with van der Waals surface area (Å²) in [4.78, 5) is 23.4. The highest BCUT2D eigenvalue weighted by Crippen LogP contribution is 2.22. The molecule has 0 radical (unpaired) electrons. The van der Waals surface area contributed by atoms with Gasteiger partial charge in [0.1, 0.15) is 5.82 Å². The molecular weight excluding hydrogens is 316 g/mol. The third-order valence-corrected chi connectivity index (χ3v) is 5.20. The van der Waals surface area contributed by atoms with E-state index in [1.807, 2.05) is 13.1 Å². The monoisotopic (exact) mass is 344 g/mol. The van der Waals surface area contributed by atoms with Crippen LogP contribution in [0.1, 0.15) is 37.4 Å². The van der Waals surface area contributed by atoms with Gasteiger partial charge < -0.3 is 0 Å². The molecule has 1 aliphatic heterocycles. The van der Waals surface area contributed by atoms with Gasteiger partial charge in [-0.25, -0.2) is 9.89 Å². The summed E-state index contributed by atoms with van der Waals surface area (Å²) < 4.78 is 0.